The summed E-state index contributed by atoms with van der Waals surface area (Å²) in [5, 5.41) is 3.45. The molecule has 2 nitrogen and oxygen atoms in total. The summed E-state index contributed by atoms with van der Waals surface area (Å²) < 4.78 is 0. The van der Waals surface area contributed by atoms with Gasteiger partial charge in [0.2, 0.25) is 0 Å². The second kappa shape index (κ2) is 4.24. The van der Waals surface area contributed by atoms with Gasteiger partial charge < -0.3 is 11.1 Å². The van der Waals surface area contributed by atoms with Crippen molar-refractivity contribution in [3.05, 3.63) is 23.8 Å². The summed E-state index contributed by atoms with van der Waals surface area (Å²) in [5.41, 5.74) is 8.29. The third-order valence-corrected chi connectivity index (χ3v) is 3.76. The van der Waals surface area contributed by atoms with Crippen molar-refractivity contribution >= 4 is 17.4 Å². The molecule has 0 saturated carbocycles. The van der Waals surface area contributed by atoms with Crippen LogP contribution in [0, 0.1) is 0 Å². The zero-order chi connectivity index (χ0) is 9.97. The molecule has 1 unspecified atom stereocenters. The largest absolute Gasteiger partial charge is 0.379 e. The number of aryl methyl sites for hydroxylation is 1. The molecule has 76 valence electrons. The van der Waals surface area contributed by atoms with Crippen molar-refractivity contribution in [3.8, 4) is 0 Å². The standard InChI is InChI=1S/C11H16N2S/c1-2-8-3-4-10-11(5-8)14-7-9(6-12)13-10/h3-5,9,13H,2,6-7,12H2,1H3. The average molecular weight is 208 g/mol. The molecular weight excluding hydrogens is 192 g/mol. The second-order valence-electron chi connectivity index (χ2n) is 3.57. The number of hydrogen-bond donors (Lipinski definition) is 2. The van der Waals surface area contributed by atoms with Crippen molar-refractivity contribution < 1.29 is 0 Å². The molecule has 0 amide bonds. The Balaban J connectivity index is 2.23. The number of fused-ring (bicyclic) bond motifs is 1. The first-order chi connectivity index (χ1) is 6.83. The lowest BCUT2D eigenvalue weighted by Gasteiger charge is -2.25. The van der Waals surface area contributed by atoms with E-state index in [1.807, 2.05) is 11.8 Å². The molecule has 14 heavy (non-hydrogen) atoms. The van der Waals surface area contributed by atoms with Crippen molar-refractivity contribution in [1.29, 1.82) is 0 Å². The number of anilines is 1. The first-order valence-corrected chi connectivity index (χ1v) is 6.04. The Morgan fingerprint density at radius 3 is 3.14 bits per heavy atom. The second-order valence-corrected chi connectivity index (χ2v) is 4.63. The maximum atomic E-state index is 5.64. The van der Waals surface area contributed by atoms with E-state index in [2.05, 4.69) is 30.4 Å². The van der Waals surface area contributed by atoms with E-state index in [9.17, 15) is 0 Å². The molecule has 0 bridgehead atoms. The molecule has 3 N–H and O–H groups in total. The van der Waals surface area contributed by atoms with E-state index in [4.69, 9.17) is 5.73 Å². The molecule has 0 fully saturated rings. The monoisotopic (exact) mass is 208 g/mol. The van der Waals surface area contributed by atoms with Crippen LogP contribution in [0.25, 0.3) is 0 Å². The fraction of sp³-hybridized carbons (Fsp3) is 0.455. The van der Waals surface area contributed by atoms with Crippen LogP contribution in [0.3, 0.4) is 0 Å². The maximum Gasteiger partial charge on any atom is 0.0481 e. The summed E-state index contributed by atoms with van der Waals surface area (Å²) in [5.74, 6) is 1.08. The molecule has 1 aromatic carbocycles. The van der Waals surface area contributed by atoms with Crippen LogP contribution < -0.4 is 11.1 Å². The number of nitrogens with two attached hydrogens (primary N) is 1. The molecule has 0 spiro atoms. The number of nitrogens with one attached hydrogen (secondary N) is 1. The minimum absolute atomic E-state index is 0.431. The van der Waals surface area contributed by atoms with Crippen molar-refractivity contribution in [2.45, 2.75) is 24.3 Å². The molecule has 0 saturated heterocycles. The highest BCUT2D eigenvalue weighted by Gasteiger charge is 2.16. The Morgan fingerprint density at radius 1 is 1.57 bits per heavy atom. The summed E-state index contributed by atoms with van der Waals surface area (Å²) in [4.78, 5) is 1.37. The van der Waals surface area contributed by atoms with Crippen molar-refractivity contribution in [2.24, 2.45) is 5.73 Å². The lowest BCUT2D eigenvalue weighted by molar-refractivity contribution is 0.803. The molecule has 0 radical (unpaired) electrons. The third kappa shape index (κ3) is 1.88. The molecule has 1 aliphatic heterocycles. The zero-order valence-corrected chi connectivity index (χ0v) is 9.23. The first-order valence-electron chi connectivity index (χ1n) is 5.05. The normalized spacial score (nSPS) is 20.0. The van der Waals surface area contributed by atoms with Gasteiger partial charge in [-0.25, -0.2) is 0 Å². The number of rotatable bonds is 2. The van der Waals surface area contributed by atoms with E-state index in [-0.39, 0.29) is 0 Å². The molecule has 1 atom stereocenters. The first kappa shape index (κ1) is 9.87. The van der Waals surface area contributed by atoms with Crippen LogP contribution in [0.5, 0.6) is 0 Å². The summed E-state index contributed by atoms with van der Waals surface area (Å²) in [6, 6.07) is 7.06. The van der Waals surface area contributed by atoms with E-state index >= 15 is 0 Å². The highest BCUT2D eigenvalue weighted by Crippen LogP contribution is 2.33. The number of benzene rings is 1. The van der Waals surface area contributed by atoms with Gasteiger partial charge in [-0.15, -0.1) is 11.8 Å². The van der Waals surface area contributed by atoms with Gasteiger partial charge in [0.15, 0.2) is 0 Å². The quantitative estimate of drug-likeness (QED) is 0.781. The lowest BCUT2D eigenvalue weighted by Crippen LogP contribution is -2.33. The molecule has 1 heterocycles. The van der Waals surface area contributed by atoms with E-state index in [0.717, 1.165) is 12.2 Å². The molecule has 1 aliphatic rings. The van der Waals surface area contributed by atoms with Crippen molar-refractivity contribution in [3.63, 3.8) is 0 Å². The Labute approximate surface area is 89.3 Å². The minimum Gasteiger partial charge on any atom is -0.379 e. The Bertz CT molecular complexity index is 325. The van der Waals surface area contributed by atoms with Crippen LogP contribution in [0.4, 0.5) is 5.69 Å². The van der Waals surface area contributed by atoms with Crippen LogP contribution in [0.15, 0.2) is 23.1 Å². The van der Waals surface area contributed by atoms with E-state index in [1.54, 1.807) is 0 Å². The molecular formula is C11H16N2S. The number of hydrogen-bond acceptors (Lipinski definition) is 3. The van der Waals surface area contributed by atoms with Gasteiger partial charge in [-0.1, -0.05) is 13.0 Å². The van der Waals surface area contributed by atoms with E-state index in [0.29, 0.717) is 12.6 Å². The molecule has 3 heteroatoms. The lowest BCUT2D eigenvalue weighted by atomic mass is 10.1. The molecule has 1 aromatic rings. The number of thioether (sulfide) groups is 1. The Kier molecular flexibility index (Phi) is 2.99. The third-order valence-electron chi connectivity index (χ3n) is 2.54. The summed E-state index contributed by atoms with van der Waals surface area (Å²) in [7, 11) is 0. The van der Waals surface area contributed by atoms with Gasteiger partial charge in [0.05, 0.1) is 0 Å². The van der Waals surface area contributed by atoms with Crippen LogP contribution in [0.1, 0.15) is 12.5 Å². The fourth-order valence-corrected chi connectivity index (χ4v) is 2.72. The Morgan fingerprint density at radius 2 is 2.43 bits per heavy atom. The van der Waals surface area contributed by atoms with Crippen LogP contribution >= 0.6 is 11.8 Å². The minimum atomic E-state index is 0.431. The van der Waals surface area contributed by atoms with Gasteiger partial charge in [0.1, 0.15) is 0 Å². The average Bonchev–Trinajstić information content (AvgIpc) is 2.27. The molecule has 0 aliphatic carbocycles. The molecule has 2 rings (SSSR count). The van der Waals surface area contributed by atoms with Gasteiger partial charge in [-0.05, 0) is 24.1 Å². The van der Waals surface area contributed by atoms with Gasteiger partial charge >= 0.3 is 0 Å². The van der Waals surface area contributed by atoms with Crippen molar-refractivity contribution in [1.82, 2.24) is 0 Å². The fourth-order valence-electron chi connectivity index (χ4n) is 1.60. The van der Waals surface area contributed by atoms with E-state index in [1.165, 1.54) is 16.1 Å². The van der Waals surface area contributed by atoms with Crippen LogP contribution in [-0.4, -0.2) is 18.3 Å². The van der Waals surface area contributed by atoms with Gasteiger partial charge in [-0.3, -0.25) is 0 Å². The predicted molar refractivity (Wildman–Crippen MR) is 63.0 cm³/mol. The Hall–Kier alpha value is -0.670. The summed E-state index contributed by atoms with van der Waals surface area (Å²) >= 11 is 1.91. The molecule has 0 aromatic heterocycles. The van der Waals surface area contributed by atoms with Gasteiger partial charge in [0, 0.05) is 28.9 Å². The van der Waals surface area contributed by atoms with Crippen molar-refractivity contribution in [2.75, 3.05) is 17.6 Å². The maximum absolute atomic E-state index is 5.64. The smallest absolute Gasteiger partial charge is 0.0481 e. The predicted octanol–water partition coefficient (Wildman–Crippen LogP) is 2.09. The van der Waals surface area contributed by atoms with Gasteiger partial charge in [-0.2, -0.15) is 0 Å². The summed E-state index contributed by atoms with van der Waals surface area (Å²) in [6.45, 7) is 2.90. The van der Waals surface area contributed by atoms with Crippen LogP contribution in [-0.2, 0) is 6.42 Å². The summed E-state index contributed by atoms with van der Waals surface area (Å²) in [6.07, 6.45) is 1.11. The van der Waals surface area contributed by atoms with Crippen LogP contribution in [0.2, 0.25) is 0 Å². The topological polar surface area (TPSA) is 38.0 Å². The highest BCUT2D eigenvalue weighted by atomic mass is 32.2. The SMILES string of the molecule is CCc1ccc2c(c1)SCC(CN)N2. The highest BCUT2D eigenvalue weighted by molar-refractivity contribution is 7.99. The van der Waals surface area contributed by atoms with E-state index < -0.39 is 0 Å². The van der Waals surface area contributed by atoms with Gasteiger partial charge in [0.25, 0.3) is 0 Å². The zero-order valence-electron chi connectivity index (χ0n) is 8.42.